The number of nitrogens with zero attached hydrogens (tertiary/aromatic N) is 4. The number of hydrogen-bond acceptors (Lipinski definition) is 7. The smallest absolute Gasteiger partial charge is 0.310 e. The number of carbonyl (C=O) groups is 2. The summed E-state index contributed by atoms with van der Waals surface area (Å²) in [5.74, 6) is 0.499. The summed E-state index contributed by atoms with van der Waals surface area (Å²) in [6, 6.07) is 1.73. The predicted octanol–water partition coefficient (Wildman–Crippen LogP) is 2.87. The van der Waals surface area contributed by atoms with Gasteiger partial charge in [-0.05, 0) is 33.6 Å². The number of esters is 1. The third kappa shape index (κ3) is 6.24. The SMILES string of the molecule is CCOC(=O)[C@H]1CCCN(C(=O)CSc2nc(Cl)cc(N(CC)CC)n2)C1. The molecule has 1 fully saturated rings. The van der Waals surface area contributed by atoms with Crippen LogP contribution in [-0.4, -0.2) is 65.3 Å². The van der Waals surface area contributed by atoms with Crippen LogP contribution in [0.2, 0.25) is 5.15 Å². The monoisotopic (exact) mass is 414 g/mol. The lowest BCUT2D eigenvalue weighted by atomic mass is 9.98. The highest BCUT2D eigenvalue weighted by molar-refractivity contribution is 7.99. The molecule has 1 aliphatic rings. The fraction of sp³-hybridized carbons (Fsp3) is 0.667. The number of hydrogen-bond donors (Lipinski definition) is 0. The molecule has 1 aliphatic heterocycles. The first kappa shape index (κ1) is 21.8. The van der Waals surface area contributed by atoms with Gasteiger partial charge in [0, 0.05) is 32.2 Å². The van der Waals surface area contributed by atoms with Crippen molar-refractivity contribution < 1.29 is 14.3 Å². The van der Waals surface area contributed by atoms with E-state index in [1.54, 1.807) is 17.9 Å². The van der Waals surface area contributed by atoms with Gasteiger partial charge in [0.1, 0.15) is 11.0 Å². The number of carbonyl (C=O) groups excluding carboxylic acids is 2. The second-order valence-corrected chi connectivity index (χ2v) is 7.55. The topological polar surface area (TPSA) is 75.6 Å². The molecule has 0 aliphatic carbocycles. The maximum Gasteiger partial charge on any atom is 0.310 e. The van der Waals surface area contributed by atoms with Gasteiger partial charge in [-0.25, -0.2) is 9.97 Å². The number of rotatable bonds is 8. The second kappa shape index (κ2) is 10.7. The minimum Gasteiger partial charge on any atom is -0.466 e. The van der Waals surface area contributed by atoms with Crippen molar-refractivity contribution in [3.63, 3.8) is 0 Å². The van der Waals surface area contributed by atoms with Gasteiger partial charge in [-0.2, -0.15) is 0 Å². The van der Waals surface area contributed by atoms with E-state index in [2.05, 4.69) is 14.9 Å². The molecule has 9 heteroatoms. The number of amides is 1. The predicted molar refractivity (Wildman–Crippen MR) is 107 cm³/mol. The Balaban J connectivity index is 1.96. The van der Waals surface area contributed by atoms with Crippen molar-refractivity contribution in [3.8, 4) is 0 Å². The van der Waals surface area contributed by atoms with E-state index in [0.717, 1.165) is 31.7 Å². The van der Waals surface area contributed by atoms with Crippen molar-refractivity contribution in [2.75, 3.05) is 43.4 Å². The van der Waals surface area contributed by atoms with E-state index in [1.807, 2.05) is 13.8 Å². The second-order valence-electron chi connectivity index (χ2n) is 6.22. The number of likely N-dealkylation sites (tertiary alicyclic amines) is 1. The summed E-state index contributed by atoms with van der Waals surface area (Å²) in [5, 5.41) is 0.846. The maximum atomic E-state index is 12.6. The Labute approximate surface area is 169 Å². The molecule has 150 valence electrons. The molecule has 2 heterocycles. The van der Waals surface area contributed by atoms with E-state index in [4.69, 9.17) is 16.3 Å². The molecular formula is C18H27ClN4O3S. The van der Waals surface area contributed by atoms with Crippen molar-refractivity contribution in [2.45, 2.75) is 38.8 Å². The highest BCUT2D eigenvalue weighted by Crippen LogP contribution is 2.23. The van der Waals surface area contributed by atoms with E-state index in [0.29, 0.717) is 30.0 Å². The van der Waals surface area contributed by atoms with Gasteiger partial charge in [0.25, 0.3) is 0 Å². The zero-order valence-electron chi connectivity index (χ0n) is 16.1. The zero-order chi connectivity index (χ0) is 19.8. The van der Waals surface area contributed by atoms with Gasteiger partial charge in [0.05, 0.1) is 18.3 Å². The largest absolute Gasteiger partial charge is 0.466 e. The normalized spacial score (nSPS) is 16.9. The fourth-order valence-corrected chi connectivity index (χ4v) is 4.02. The van der Waals surface area contributed by atoms with E-state index >= 15 is 0 Å². The average molecular weight is 415 g/mol. The minimum absolute atomic E-state index is 0.0260. The molecule has 0 aromatic carbocycles. The average Bonchev–Trinajstić information content (AvgIpc) is 2.67. The molecule has 0 radical (unpaired) electrons. The third-order valence-corrected chi connectivity index (χ3v) is 5.49. The Hall–Kier alpha value is -1.54. The molecule has 0 spiro atoms. The molecule has 1 atom stereocenters. The number of piperidine rings is 1. The van der Waals surface area contributed by atoms with E-state index in [9.17, 15) is 9.59 Å². The molecular weight excluding hydrogens is 388 g/mol. The number of aromatic nitrogens is 2. The lowest BCUT2D eigenvalue weighted by molar-refractivity contribution is -0.151. The summed E-state index contributed by atoms with van der Waals surface area (Å²) in [6.45, 7) is 8.96. The maximum absolute atomic E-state index is 12.6. The van der Waals surface area contributed by atoms with Gasteiger partial charge in [-0.3, -0.25) is 9.59 Å². The van der Waals surface area contributed by atoms with Crippen molar-refractivity contribution in [1.29, 1.82) is 0 Å². The lowest BCUT2D eigenvalue weighted by Gasteiger charge is -2.31. The van der Waals surface area contributed by atoms with E-state index < -0.39 is 0 Å². The van der Waals surface area contributed by atoms with Crippen molar-refractivity contribution in [1.82, 2.24) is 14.9 Å². The molecule has 2 rings (SSSR count). The minimum atomic E-state index is -0.232. The summed E-state index contributed by atoms with van der Waals surface area (Å²) in [4.78, 5) is 37.0. The van der Waals surface area contributed by atoms with Crippen LogP contribution in [0.15, 0.2) is 11.2 Å². The molecule has 1 amide bonds. The summed E-state index contributed by atoms with van der Waals surface area (Å²) in [7, 11) is 0. The number of thioether (sulfide) groups is 1. The fourth-order valence-electron chi connectivity index (χ4n) is 3.03. The van der Waals surface area contributed by atoms with Crippen LogP contribution in [0.1, 0.15) is 33.6 Å². The Bertz CT molecular complexity index is 657. The number of ether oxygens (including phenoxy) is 1. The summed E-state index contributed by atoms with van der Waals surface area (Å²) in [5.41, 5.74) is 0. The molecule has 0 unspecified atom stereocenters. The molecule has 1 aromatic heterocycles. The third-order valence-electron chi connectivity index (χ3n) is 4.47. The van der Waals surface area contributed by atoms with Crippen LogP contribution >= 0.6 is 23.4 Å². The molecule has 0 saturated carbocycles. The van der Waals surface area contributed by atoms with Crippen molar-refractivity contribution in [2.24, 2.45) is 5.92 Å². The van der Waals surface area contributed by atoms with E-state index in [-0.39, 0.29) is 23.5 Å². The standard InChI is InChI=1S/C18H27ClN4O3S/c1-4-22(5-2)15-10-14(19)20-18(21-15)27-12-16(24)23-9-7-8-13(11-23)17(25)26-6-3/h10,13H,4-9,11-12H2,1-3H3/t13-/m0/s1. The Morgan fingerprint density at radius 1 is 1.33 bits per heavy atom. The molecule has 1 aromatic rings. The Kier molecular flexibility index (Phi) is 8.63. The summed E-state index contributed by atoms with van der Waals surface area (Å²) >= 11 is 7.39. The highest BCUT2D eigenvalue weighted by Gasteiger charge is 2.29. The summed E-state index contributed by atoms with van der Waals surface area (Å²) < 4.78 is 5.09. The molecule has 0 N–H and O–H groups in total. The molecule has 0 bridgehead atoms. The highest BCUT2D eigenvalue weighted by atomic mass is 35.5. The zero-order valence-corrected chi connectivity index (χ0v) is 17.7. The first-order chi connectivity index (χ1) is 13.0. The van der Waals surface area contributed by atoms with Crippen LogP contribution in [-0.2, 0) is 14.3 Å². The van der Waals surface area contributed by atoms with Gasteiger partial charge < -0.3 is 14.5 Å². The van der Waals surface area contributed by atoms with Crippen LogP contribution in [0, 0.1) is 5.92 Å². The van der Waals surface area contributed by atoms with Crippen LogP contribution in [0.3, 0.4) is 0 Å². The van der Waals surface area contributed by atoms with Gasteiger partial charge >= 0.3 is 5.97 Å². The van der Waals surface area contributed by atoms with Crippen molar-refractivity contribution in [3.05, 3.63) is 11.2 Å². The molecule has 1 saturated heterocycles. The van der Waals surface area contributed by atoms with Gasteiger partial charge in [0.2, 0.25) is 5.91 Å². The van der Waals surface area contributed by atoms with Gasteiger partial charge in [-0.1, -0.05) is 23.4 Å². The Morgan fingerprint density at radius 2 is 2.07 bits per heavy atom. The van der Waals surface area contributed by atoms with Crippen LogP contribution in [0.5, 0.6) is 0 Å². The number of halogens is 1. The number of anilines is 1. The quantitative estimate of drug-likeness (QED) is 0.280. The van der Waals surface area contributed by atoms with Crippen LogP contribution < -0.4 is 4.90 Å². The Morgan fingerprint density at radius 3 is 2.74 bits per heavy atom. The first-order valence-electron chi connectivity index (χ1n) is 9.35. The van der Waals surface area contributed by atoms with Crippen molar-refractivity contribution >= 4 is 41.1 Å². The van der Waals surface area contributed by atoms with E-state index in [1.165, 1.54) is 11.8 Å². The van der Waals surface area contributed by atoms with Crippen LogP contribution in [0.25, 0.3) is 0 Å². The first-order valence-corrected chi connectivity index (χ1v) is 10.7. The van der Waals surface area contributed by atoms with Gasteiger partial charge in [0.15, 0.2) is 5.16 Å². The van der Waals surface area contributed by atoms with Crippen LogP contribution in [0.4, 0.5) is 5.82 Å². The molecule has 27 heavy (non-hydrogen) atoms. The molecule has 7 nitrogen and oxygen atoms in total. The lowest BCUT2D eigenvalue weighted by Crippen LogP contribution is -2.43. The van der Waals surface area contributed by atoms with Gasteiger partial charge in [-0.15, -0.1) is 0 Å². The summed E-state index contributed by atoms with van der Waals surface area (Å²) in [6.07, 6.45) is 1.57.